The molecular weight excluding hydrogens is 156 g/mol. The van der Waals surface area contributed by atoms with E-state index >= 15 is 0 Å². The molecule has 74 valence electrons. The minimum atomic E-state index is 0.657. The van der Waals surface area contributed by atoms with Crippen LogP contribution < -0.4 is 0 Å². The van der Waals surface area contributed by atoms with Gasteiger partial charge in [0.2, 0.25) is 0 Å². The van der Waals surface area contributed by atoms with Gasteiger partial charge in [0, 0.05) is 0 Å². The van der Waals surface area contributed by atoms with Crippen molar-refractivity contribution in [1.82, 2.24) is 0 Å². The van der Waals surface area contributed by atoms with Crippen LogP contribution in [0.5, 0.6) is 0 Å². The van der Waals surface area contributed by atoms with Gasteiger partial charge in [0.15, 0.2) is 0 Å². The zero-order valence-corrected chi connectivity index (χ0v) is 9.43. The van der Waals surface area contributed by atoms with E-state index in [-0.39, 0.29) is 0 Å². The van der Waals surface area contributed by atoms with Crippen LogP contribution in [0.3, 0.4) is 0 Å². The molecule has 0 heterocycles. The van der Waals surface area contributed by atoms with Crippen molar-refractivity contribution in [2.75, 3.05) is 0 Å². The zero-order valence-electron chi connectivity index (χ0n) is 9.43. The fourth-order valence-corrected chi connectivity index (χ4v) is 1.44. The first-order chi connectivity index (χ1) is 6.11. The molecule has 0 nitrogen and oxygen atoms in total. The average Bonchev–Trinajstić information content (AvgIpc) is 2.05. The third kappa shape index (κ3) is 5.46. The van der Waals surface area contributed by atoms with Gasteiger partial charge >= 0.3 is 0 Å². The third-order valence-electron chi connectivity index (χ3n) is 2.33. The molecule has 0 aliphatic heterocycles. The Hall–Kier alpha value is -0.780. The standard InChI is InChI=1S/C13H22/c1-6-8-11(3)10-13(5)12(4)9-7-2/h6-8,11H,2,9-10H2,1,3-5H3. The Balaban J connectivity index is 4.17. The molecule has 0 rings (SSSR count). The summed E-state index contributed by atoms with van der Waals surface area (Å²) in [6.45, 7) is 12.5. The molecular formula is C13H22. The molecule has 0 aromatic heterocycles. The summed E-state index contributed by atoms with van der Waals surface area (Å²) in [5.74, 6) is 0.657. The maximum Gasteiger partial charge on any atom is -0.0142 e. The molecule has 0 saturated heterocycles. The first-order valence-corrected chi connectivity index (χ1v) is 5.00. The maximum absolute atomic E-state index is 3.75. The summed E-state index contributed by atoms with van der Waals surface area (Å²) in [4.78, 5) is 0. The molecule has 0 bridgehead atoms. The highest BCUT2D eigenvalue weighted by Gasteiger charge is 2.00. The van der Waals surface area contributed by atoms with Gasteiger partial charge in [0.25, 0.3) is 0 Å². The first kappa shape index (κ1) is 12.2. The van der Waals surface area contributed by atoms with E-state index in [4.69, 9.17) is 0 Å². The summed E-state index contributed by atoms with van der Waals surface area (Å²) in [5, 5.41) is 0. The van der Waals surface area contributed by atoms with E-state index in [0.717, 1.165) is 6.42 Å². The van der Waals surface area contributed by atoms with Crippen molar-refractivity contribution in [2.45, 2.75) is 40.5 Å². The molecule has 0 aliphatic rings. The van der Waals surface area contributed by atoms with E-state index in [1.54, 1.807) is 0 Å². The van der Waals surface area contributed by atoms with Gasteiger partial charge in [-0.3, -0.25) is 0 Å². The minimum absolute atomic E-state index is 0.657. The topological polar surface area (TPSA) is 0 Å². The van der Waals surface area contributed by atoms with Crippen LogP contribution in [0.15, 0.2) is 36.0 Å². The van der Waals surface area contributed by atoms with Crippen LogP contribution in [0.2, 0.25) is 0 Å². The Bertz CT molecular complexity index is 206. The van der Waals surface area contributed by atoms with E-state index in [1.165, 1.54) is 17.6 Å². The predicted octanol–water partition coefficient (Wildman–Crippen LogP) is 4.50. The smallest absolute Gasteiger partial charge is 0.0142 e. The summed E-state index contributed by atoms with van der Waals surface area (Å²) >= 11 is 0. The fraction of sp³-hybridized carbons (Fsp3) is 0.538. The Morgan fingerprint density at radius 1 is 1.31 bits per heavy atom. The van der Waals surface area contributed by atoms with Gasteiger partial charge in [0.1, 0.15) is 0 Å². The van der Waals surface area contributed by atoms with Crippen molar-refractivity contribution in [2.24, 2.45) is 5.92 Å². The summed E-state index contributed by atoms with van der Waals surface area (Å²) in [7, 11) is 0. The second-order valence-electron chi connectivity index (χ2n) is 3.76. The largest absolute Gasteiger partial charge is 0.103 e. The van der Waals surface area contributed by atoms with Crippen molar-refractivity contribution >= 4 is 0 Å². The van der Waals surface area contributed by atoms with E-state index < -0.39 is 0 Å². The van der Waals surface area contributed by atoms with Crippen molar-refractivity contribution in [3.63, 3.8) is 0 Å². The van der Waals surface area contributed by atoms with Crippen LogP contribution in [-0.2, 0) is 0 Å². The summed E-state index contributed by atoms with van der Waals surface area (Å²) < 4.78 is 0. The van der Waals surface area contributed by atoms with Gasteiger partial charge in [-0.2, -0.15) is 0 Å². The Kier molecular flexibility index (Phi) is 6.30. The summed E-state index contributed by atoms with van der Waals surface area (Å²) in [6.07, 6.45) is 8.54. The molecule has 0 aromatic carbocycles. The zero-order chi connectivity index (χ0) is 10.3. The maximum atomic E-state index is 3.75. The molecule has 1 unspecified atom stereocenters. The number of hydrogen-bond acceptors (Lipinski definition) is 0. The molecule has 0 N–H and O–H groups in total. The van der Waals surface area contributed by atoms with Gasteiger partial charge in [0.05, 0.1) is 0 Å². The fourth-order valence-electron chi connectivity index (χ4n) is 1.44. The van der Waals surface area contributed by atoms with Crippen molar-refractivity contribution in [1.29, 1.82) is 0 Å². The number of hydrogen-bond donors (Lipinski definition) is 0. The second kappa shape index (κ2) is 6.71. The minimum Gasteiger partial charge on any atom is -0.103 e. The van der Waals surface area contributed by atoms with Crippen LogP contribution in [-0.4, -0.2) is 0 Å². The Morgan fingerprint density at radius 3 is 2.38 bits per heavy atom. The van der Waals surface area contributed by atoms with Crippen LogP contribution in [0, 0.1) is 5.92 Å². The lowest BCUT2D eigenvalue weighted by Gasteiger charge is -2.09. The molecule has 0 amide bonds. The van der Waals surface area contributed by atoms with Crippen LogP contribution in [0.4, 0.5) is 0 Å². The monoisotopic (exact) mass is 178 g/mol. The van der Waals surface area contributed by atoms with E-state index in [1.807, 2.05) is 6.08 Å². The van der Waals surface area contributed by atoms with Crippen LogP contribution >= 0.6 is 0 Å². The molecule has 0 fully saturated rings. The molecule has 0 saturated carbocycles. The van der Waals surface area contributed by atoms with Crippen molar-refractivity contribution in [3.05, 3.63) is 36.0 Å². The molecule has 0 spiro atoms. The number of rotatable bonds is 5. The summed E-state index contributed by atoms with van der Waals surface area (Å²) in [6, 6.07) is 0. The molecule has 0 aromatic rings. The Labute approximate surface area is 83.0 Å². The van der Waals surface area contributed by atoms with Gasteiger partial charge in [-0.05, 0) is 39.5 Å². The third-order valence-corrected chi connectivity index (χ3v) is 2.33. The van der Waals surface area contributed by atoms with Gasteiger partial charge in [-0.1, -0.05) is 36.3 Å². The highest BCUT2D eigenvalue weighted by atomic mass is 14.1. The van der Waals surface area contributed by atoms with E-state index in [0.29, 0.717) is 5.92 Å². The number of allylic oxidation sites excluding steroid dienone is 5. The lowest BCUT2D eigenvalue weighted by atomic mass is 9.97. The highest BCUT2D eigenvalue weighted by Crippen LogP contribution is 2.17. The normalized spacial score (nSPS) is 15.7. The highest BCUT2D eigenvalue weighted by molar-refractivity contribution is 5.13. The molecule has 0 aliphatic carbocycles. The molecule has 0 radical (unpaired) electrons. The average molecular weight is 178 g/mol. The van der Waals surface area contributed by atoms with Crippen molar-refractivity contribution < 1.29 is 0 Å². The van der Waals surface area contributed by atoms with Crippen LogP contribution in [0.1, 0.15) is 40.5 Å². The molecule has 0 heteroatoms. The molecule has 13 heavy (non-hydrogen) atoms. The van der Waals surface area contributed by atoms with Gasteiger partial charge in [-0.15, -0.1) is 6.58 Å². The lowest BCUT2D eigenvalue weighted by molar-refractivity contribution is 0.708. The van der Waals surface area contributed by atoms with E-state index in [9.17, 15) is 0 Å². The van der Waals surface area contributed by atoms with Crippen LogP contribution in [0.25, 0.3) is 0 Å². The SMILES string of the molecule is C=CCC(C)=C(C)CC(C)C=CC. The van der Waals surface area contributed by atoms with Gasteiger partial charge in [-0.25, -0.2) is 0 Å². The van der Waals surface area contributed by atoms with Gasteiger partial charge < -0.3 is 0 Å². The lowest BCUT2D eigenvalue weighted by Crippen LogP contribution is -1.93. The summed E-state index contributed by atoms with van der Waals surface area (Å²) in [5.41, 5.74) is 2.97. The van der Waals surface area contributed by atoms with E-state index in [2.05, 4.69) is 46.4 Å². The first-order valence-electron chi connectivity index (χ1n) is 5.00. The predicted molar refractivity (Wildman–Crippen MR) is 61.8 cm³/mol. The second-order valence-corrected chi connectivity index (χ2v) is 3.76. The van der Waals surface area contributed by atoms with Crippen molar-refractivity contribution in [3.8, 4) is 0 Å². The molecule has 1 atom stereocenters. The Morgan fingerprint density at radius 2 is 1.92 bits per heavy atom. The quantitative estimate of drug-likeness (QED) is 0.544.